The zero-order valence-corrected chi connectivity index (χ0v) is 9.90. The highest BCUT2D eigenvalue weighted by molar-refractivity contribution is 5.78. The number of nitrogens with one attached hydrogen (secondary N) is 1. The molecule has 16 heavy (non-hydrogen) atoms. The topological polar surface area (TPSA) is 62.2 Å². The Morgan fingerprint density at radius 1 is 1.69 bits per heavy atom. The molecule has 1 rings (SSSR count). The number of carboxylic acid groups (broad SMARTS) is 1. The molecule has 0 saturated heterocycles. The smallest absolute Gasteiger partial charge is 0.323 e. The third kappa shape index (κ3) is 2.79. The lowest BCUT2D eigenvalue weighted by atomic mass is 9.96. The van der Waals surface area contributed by atoms with Crippen molar-refractivity contribution >= 4 is 5.97 Å². The van der Waals surface area contributed by atoms with Crippen molar-refractivity contribution in [1.29, 1.82) is 0 Å². The predicted molar refractivity (Wildman–Crippen MR) is 62.1 cm³/mol. The van der Waals surface area contributed by atoms with E-state index in [-0.39, 0.29) is 6.04 Å². The summed E-state index contributed by atoms with van der Waals surface area (Å²) in [7, 11) is 0. The van der Waals surface area contributed by atoms with E-state index in [4.69, 9.17) is 5.11 Å². The van der Waals surface area contributed by atoms with Gasteiger partial charge in [0.2, 0.25) is 0 Å². The Kier molecular flexibility index (Phi) is 4.01. The van der Waals surface area contributed by atoms with E-state index < -0.39 is 11.5 Å². The molecule has 4 nitrogen and oxygen atoms in total. The largest absolute Gasteiger partial charge is 0.480 e. The number of rotatable bonds is 5. The Morgan fingerprint density at radius 2 is 2.38 bits per heavy atom. The molecule has 0 saturated carbocycles. The quantitative estimate of drug-likeness (QED) is 0.799. The molecule has 0 amide bonds. The van der Waals surface area contributed by atoms with Gasteiger partial charge in [0.05, 0.1) is 0 Å². The van der Waals surface area contributed by atoms with Crippen LogP contribution in [0.2, 0.25) is 0 Å². The fourth-order valence-corrected chi connectivity index (χ4v) is 1.51. The predicted octanol–water partition coefficient (Wildman–Crippen LogP) is 1.99. The Hall–Kier alpha value is -1.42. The molecule has 2 unspecified atom stereocenters. The third-order valence-electron chi connectivity index (χ3n) is 2.90. The fourth-order valence-electron chi connectivity index (χ4n) is 1.51. The molecule has 4 heteroatoms. The Labute approximate surface area is 95.7 Å². The SMILES string of the molecule is CCC(C)(NC(C)c1cccnc1)C(=O)O. The second-order valence-corrected chi connectivity index (χ2v) is 4.14. The summed E-state index contributed by atoms with van der Waals surface area (Å²) >= 11 is 0. The summed E-state index contributed by atoms with van der Waals surface area (Å²) < 4.78 is 0. The van der Waals surface area contributed by atoms with Gasteiger partial charge in [0.25, 0.3) is 0 Å². The van der Waals surface area contributed by atoms with Gasteiger partial charge in [-0.2, -0.15) is 0 Å². The Bertz CT molecular complexity index is 353. The van der Waals surface area contributed by atoms with Crippen molar-refractivity contribution in [3.05, 3.63) is 30.1 Å². The van der Waals surface area contributed by atoms with E-state index in [0.717, 1.165) is 5.56 Å². The molecule has 2 N–H and O–H groups in total. The summed E-state index contributed by atoms with van der Waals surface area (Å²) in [6.45, 7) is 5.49. The van der Waals surface area contributed by atoms with Crippen molar-refractivity contribution in [1.82, 2.24) is 10.3 Å². The van der Waals surface area contributed by atoms with Crippen LogP contribution in [0.4, 0.5) is 0 Å². The van der Waals surface area contributed by atoms with Gasteiger partial charge in [-0.15, -0.1) is 0 Å². The summed E-state index contributed by atoms with van der Waals surface area (Å²) in [6.07, 6.45) is 3.98. The lowest BCUT2D eigenvalue weighted by Gasteiger charge is -2.28. The van der Waals surface area contributed by atoms with E-state index in [1.807, 2.05) is 26.0 Å². The third-order valence-corrected chi connectivity index (χ3v) is 2.90. The maximum absolute atomic E-state index is 11.1. The average Bonchev–Trinajstić information content (AvgIpc) is 2.29. The summed E-state index contributed by atoms with van der Waals surface area (Å²) in [5, 5.41) is 12.3. The highest BCUT2D eigenvalue weighted by atomic mass is 16.4. The maximum Gasteiger partial charge on any atom is 0.323 e. The zero-order valence-electron chi connectivity index (χ0n) is 9.90. The summed E-state index contributed by atoms with van der Waals surface area (Å²) in [5.41, 5.74) is 0.0957. The van der Waals surface area contributed by atoms with Crippen LogP contribution in [0.1, 0.15) is 38.8 Å². The first-order valence-corrected chi connectivity index (χ1v) is 5.40. The number of nitrogens with zero attached hydrogens (tertiary/aromatic N) is 1. The minimum atomic E-state index is -0.894. The first kappa shape index (κ1) is 12.6. The molecule has 0 aliphatic rings. The lowest BCUT2D eigenvalue weighted by molar-refractivity contribution is -0.144. The number of carboxylic acids is 1. The Morgan fingerprint density at radius 3 is 2.81 bits per heavy atom. The van der Waals surface area contributed by atoms with Crippen LogP contribution < -0.4 is 5.32 Å². The van der Waals surface area contributed by atoms with Gasteiger partial charge in [-0.3, -0.25) is 15.1 Å². The highest BCUT2D eigenvalue weighted by Crippen LogP contribution is 2.18. The highest BCUT2D eigenvalue weighted by Gasteiger charge is 2.32. The average molecular weight is 222 g/mol. The van der Waals surface area contributed by atoms with Crippen LogP contribution in [0, 0.1) is 0 Å². The van der Waals surface area contributed by atoms with E-state index in [2.05, 4.69) is 10.3 Å². The van der Waals surface area contributed by atoms with Gasteiger partial charge >= 0.3 is 5.97 Å². The maximum atomic E-state index is 11.1. The molecule has 0 radical (unpaired) electrons. The summed E-state index contributed by atoms with van der Waals surface area (Å²) in [4.78, 5) is 15.2. The normalized spacial score (nSPS) is 16.4. The standard InChI is InChI=1S/C12H18N2O2/c1-4-12(3,11(15)16)14-9(2)10-6-5-7-13-8-10/h5-9,14H,4H2,1-3H3,(H,15,16). The molecule has 0 aliphatic carbocycles. The lowest BCUT2D eigenvalue weighted by Crippen LogP contribution is -2.49. The van der Waals surface area contributed by atoms with E-state index in [1.165, 1.54) is 0 Å². The van der Waals surface area contributed by atoms with Crippen molar-refractivity contribution in [3.63, 3.8) is 0 Å². The van der Waals surface area contributed by atoms with Crippen LogP contribution in [0.25, 0.3) is 0 Å². The number of aliphatic carboxylic acids is 1. The number of hydrogen-bond donors (Lipinski definition) is 2. The van der Waals surface area contributed by atoms with Gasteiger partial charge in [0.15, 0.2) is 0 Å². The van der Waals surface area contributed by atoms with Crippen molar-refractivity contribution in [3.8, 4) is 0 Å². The number of aromatic nitrogens is 1. The molecule has 2 atom stereocenters. The minimum absolute atomic E-state index is 0.0326. The first-order chi connectivity index (χ1) is 7.49. The molecular formula is C12H18N2O2. The number of pyridine rings is 1. The molecule has 1 aromatic rings. The number of carbonyl (C=O) groups is 1. The van der Waals surface area contributed by atoms with Crippen molar-refractivity contribution in [2.24, 2.45) is 0 Å². The molecule has 0 bridgehead atoms. The molecule has 88 valence electrons. The second-order valence-electron chi connectivity index (χ2n) is 4.14. The van der Waals surface area contributed by atoms with Crippen molar-refractivity contribution in [2.45, 2.75) is 38.8 Å². The van der Waals surface area contributed by atoms with Crippen LogP contribution in [-0.4, -0.2) is 21.6 Å². The van der Waals surface area contributed by atoms with Crippen LogP contribution >= 0.6 is 0 Å². The van der Waals surface area contributed by atoms with Gasteiger partial charge < -0.3 is 5.11 Å². The fraction of sp³-hybridized carbons (Fsp3) is 0.500. The van der Waals surface area contributed by atoms with Gasteiger partial charge in [0, 0.05) is 18.4 Å². The Balaban J connectivity index is 2.78. The van der Waals surface area contributed by atoms with Crippen LogP contribution in [0.15, 0.2) is 24.5 Å². The first-order valence-electron chi connectivity index (χ1n) is 5.40. The van der Waals surface area contributed by atoms with Gasteiger partial charge in [-0.05, 0) is 31.9 Å². The van der Waals surface area contributed by atoms with Crippen molar-refractivity contribution < 1.29 is 9.90 Å². The second kappa shape index (κ2) is 5.07. The molecule has 0 aromatic carbocycles. The van der Waals surface area contributed by atoms with Gasteiger partial charge in [0.1, 0.15) is 5.54 Å². The summed E-state index contributed by atoms with van der Waals surface area (Å²) in [5.74, 6) is -0.828. The molecule has 1 heterocycles. The molecular weight excluding hydrogens is 204 g/mol. The van der Waals surface area contributed by atoms with E-state index >= 15 is 0 Å². The molecule has 0 aliphatic heterocycles. The van der Waals surface area contributed by atoms with E-state index in [9.17, 15) is 4.79 Å². The number of hydrogen-bond acceptors (Lipinski definition) is 3. The van der Waals surface area contributed by atoms with Gasteiger partial charge in [-0.25, -0.2) is 0 Å². The van der Waals surface area contributed by atoms with E-state index in [0.29, 0.717) is 6.42 Å². The van der Waals surface area contributed by atoms with Crippen LogP contribution in [0.3, 0.4) is 0 Å². The van der Waals surface area contributed by atoms with Gasteiger partial charge in [-0.1, -0.05) is 13.0 Å². The van der Waals surface area contributed by atoms with Crippen LogP contribution in [-0.2, 0) is 4.79 Å². The molecule has 1 aromatic heterocycles. The minimum Gasteiger partial charge on any atom is -0.480 e. The van der Waals surface area contributed by atoms with Crippen LogP contribution in [0.5, 0.6) is 0 Å². The van der Waals surface area contributed by atoms with Crippen molar-refractivity contribution in [2.75, 3.05) is 0 Å². The monoisotopic (exact) mass is 222 g/mol. The molecule has 0 spiro atoms. The molecule has 0 fully saturated rings. The summed E-state index contributed by atoms with van der Waals surface area (Å²) in [6, 6.07) is 3.75. The van der Waals surface area contributed by atoms with E-state index in [1.54, 1.807) is 19.3 Å². The zero-order chi connectivity index (χ0) is 12.2.